The maximum atomic E-state index is 9.06. The summed E-state index contributed by atoms with van der Waals surface area (Å²) in [5, 5.41) is 13.6. The molecule has 0 radical (unpaired) electrons. The monoisotopic (exact) mass is 259 g/mol. The van der Waals surface area contributed by atoms with Gasteiger partial charge in [0.05, 0.1) is 18.0 Å². The van der Waals surface area contributed by atoms with Crippen molar-refractivity contribution in [3.8, 4) is 5.69 Å². The van der Waals surface area contributed by atoms with Crippen LogP contribution in [-0.2, 0) is 6.54 Å². The third-order valence-electron chi connectivity index (χ3n) is 3.01. The first-order valence-electron chi connectivity index (χ1n) is 6.76. The molecule has 0 atom stereocenters. The van der Waals surface area contributed by atoms with E-state index in [2.05, 4.69) is 16.9 Å². The van der Waals surface area contributed by atoms with E-state index in [1.54, 1.807) is 0 Å². The molecule has 0 spiro atoms. The van der Waals surface area contributed by atoms with Crippen LogP contribution in [0.25, 0.3) is 5.69 Å². The van der Waals surface area contributed by atoms with Crippen LogP contribution in [0.4, 0.5) is 0 Å². The van der Waals surface area contributed by atoms with E-state index in [0.29, 0.717) is 6.54 Å². The van der Waals surface area contributed by atoms with Crippen LogP contribution in [0, 0.1) is 0 Å². The molecule has 0 unspecified atom stereocenters. The number of para-hydroxylation sites is 1. The lowest BCUT2D eigenvalue weighted by Gasteiger charge is -2.18. The highest BCUT2D eigenvalue weighted by Gasteiger charge is 2.07. The van der Waals surface area contributed by atoms with E-state index in [4.69, 9.17) is 5.11 Å². The summed E-state index contributed by atoms with van der Waals surface area (Å²) < 4.78 is 1.89. The Hall–Kier alpha value is -1.65. The molecule has 0 aliphatic rings. The van der Waals surface area contributed by atoms with Gasteiger partial charge in [-0.3, -0.25) is 4.90 Å². The van der Waals surface area contributed by atoms with Crippen molar-refractivity contribution in [2.24, 2.45) is 0 Å². The zero-order valence-electron chi connectivity index (χ0n) is 11.4. The molecule has 0 amide bonds. The molecule has 1 aromatic heterocycles. The van der Waals surface area contributed by atoms with Crippen LogP contribution in [0.15, 0.2) is 42.6 Å². The van der Waals surface area contributed by atoms with Gasteiger partial charge < -0.3 is 5.11 Å². The number of aliphatic hydroxyl groups excluding tert-OH is 1. The molecule has 4 nitrogen and oxygen atoms in total. The molecule has 102 valence electrons. The van der Waals surface area contributed by atoms with E-state index in [9.17, 15) is 0 Å². The summed E-state index contributed by atoms with van der Waals surface area (Å²) in [6.07, 6.45) is 3.06. The molecule has 0 aliphatic carbocycles. The number of rotatable bonds is 7. The zero-order valence-corrected chi connectivity index (χ0v) is 11.4. The normalized spacial score (nSPS) is 11.1. The average Bonchev–Trinajstić information content (AvgIpc) is 2.89. The smallest absolute Gasteiger partial charge is 0.0769 e. The summed E-state index contributed by atoms with van der Waals surface area (Å²) in [4.78, 5) is 2.22. The number of hydrogen-bond acceptors (Lipinski definition) is 3. The van der Waals surface area contributed by atoms with E-state index < -0.39 is 0 Å². The summed E-state index contributed by atoms with van der Waals surface area (Å²) in [5.41, 5.74) is 2.10. The topological polar surface area (TPSA) is 41.3 Å². The minimum absolute atomic E-state index is 0.194. The van der Waals surface area contributed by atoms with Gasteiger partial charge in [-0.15, -0.1) is 0 Å². The number of nitrogens with zero attached hydrogens (tertiary/aromatic N) is 3. The molecule has 0 saturated heterocycles. The SMILES string of the molecule is CCCN(CCO)Cc1ccn(-c2ccccc2)n1. The van der Waals surface area contributed by atoms with E-state index in [1.807, 2.05) is 47.3 Å². The predicted molar refractivity (Wildman–Crippen MR) is 76.2 cm³/mol. The molecule has 1 heterocycles. The number of benzene rings is 1. The highest BCUT2D eigenvalue weighted by molar-refractivity contribution is 5.30. The Morgan fingerprint density at radius 2 is 1.95 bits per heavy atom. The second-order valence-corrected chi connectivity index (χ2v) is 4.59. The highest BCUT2D eigenvalue weighted by atomic mass is 16.3. The van der Waals surface area contributed by atoms with Gasteiger partial charge in [0.15, 0.2) is 0 Å². The van der Waals surface area contributed by atoms with Crippen molar-refractivity contribution in [1.29, 1.82) is 0 Å². The van der Waals surface area contributed by atoms with Crippen LogP contribution in [0.2, 0.25) is 0 Å². The third-order valence-corrected chi connectivity index (χ3v) is 3.01. The van der Waals surface area contributed by atoms with Crippen LogP contribution in [0.5, 0.6) is 0 Å². The van der Waals surface area contributed by atoms with Crippen LogP contribution in [0.1, 0.15) is 19.0 Å². The fourth-order valence-corrected chi connectivity index (χ4v) is 2.13. The minimum atomic E-state index is 0.194. The van der Waals surface area contributed by atoms with Crippen molar-refractivity contribution in [3.63, 3.8) is 0 Å². The summed E-state index contributed by atoms with van der Waals surface area (Å²) in [5.74, 6) is 0. The highest BCUT2D eigenvalue weighted by Crippen LogP contribution is 2.08. The largest absolute Gasteiger partial charge is 0.395 e. The molecule has 4 heteroatoms. The predicted octanol–water partition coefficient (Wildman–Crippen LogP) is 2.08. The van der Waals surface area contributed by atoms with Crippen LogP contribution < -0.4 is 0 Å². The number of aromatic nitrogens is 2. The molecular formula is C15H21N3O. The first kappa shape index (κ1) is 13.8. The first-order chi connectivity index (χ1) is 9.33. The lowest BCUT2D eigenvalue weighted by molar-refractivity contribution is 0.189. The Bertz CT molecular complexity index is 475. The maximum Gasteiger partial charge on any atom is 0.0769 e. The standard InChI is InChI=1S/C15H21N3O/c1-2-9-17(11-12-19)13-14-8-10-18(16-14)15-6-4-3-5-7-15/h3-8,10,19H,2,9,11-13H2,1H3. The summed E-state index contributed by atoms with van der Waals surface area (Å²) in [7, 11) is 0. The Balaban J connectivity index is 2.04. The van der Waals surface area contributed by atoms with Crippen LogP contribution in [-0.4, -0.2) is 39.5 Å². The number of hydrogen-bond donors (Lipinski definition) is 1. The van der Waals surface area contributed by atoms with Crippen molar-refractivity contribution in [3.05, 3.63) is 48.3 Å². The molecule has 1 N–H and O–H groups in total. The van der Waals surface area contributed by atoms with Gasteiger partial charge in [0, 0.05) is 19.3 Å². The van der Waals surface area contributed by atoms with E-state index in [0.717, 1.165) is 30.9 Å². The Morgan fingerprint density at radius 3 is 2.63 bits per heavy atom. The molecule has 0 bridgehead atoms. The van der Waals surface area contributed by atoms with Crippen LogP contribution in [0.3, 0.4) is 0 Å². The average molecular weight is 259 g/mol. The van der Waals surface area contributed by atoms with E-state index in [-0.39, 0.29) is 6.61 Å². The lowest BCUT2D eigenvalue weighted by atomic mass is 10.3. The van der Waals surface area contributed by atoms with Gasteiger partial charge in [-0.2, -0.15) is 5.10 Å². The molecule has 1 aromatic carbocycles. The summed E-state index contributed by atoms with van der Waals surface area (Å²) in [6, 6.07) is 12.1. The molecule has 2 rings (SSSR count). The summed E-state index contributed by atoms with van der Waals surface area (Å²) >= 11 is 0. The second kappa shape index (κ2) is 7.07. The van der Waals surface area contributed by atoms with Crippen molar-refractivity contribution in [1.82, 2.24) is 14.7 Å². The third kappa shape index (κ3) is 3.91. The van der Waals surface area contributed by atoms with Crippen molar-refractivity contribution in [2.75, 3.05) is 19.7 Å². The van der Waals surface area contributed by atoms with Gasteiger partial charge in [0.1, 0.15) is 0 Å². The molecule has 0 saturated carbocycles. The van der Waals surface area contributed by atoms with Crippen molar-refractivity contribution in [2.45, 2.75) is 19.9 Å². The minimum Gasteiger partial charge on any atom is -0.395 e. The van der Waals surface area contributed by atoms with E-state index >= 15 is 0 Å². The quantitative estimate of drug-likeness (QED) is 0.827. The molecular weight excluding hydrogens is 238 g/mol. The Kier molecular flexibility index (Phi) is 5.12. The first-order valence-corrected chi connectivity index (χ1v) is 6.76. The van der Waals surface area contributed by atoms with Gasteiger partial charge in [-0.05, 0) is 31.2 Å². The molecule has 19 heavy (non-hydrogen) atoms. The van der Waals surface area contributed by atoms with Gasteiger partial charge in [0.2, 0.25) is 0 Å². The fourth-order valence-electron chi connectivity index (χ4n) is 2.13. The molecule has 2 aromatic rings. The van der Waals surface area contributed by atoms with Crippen LogP contribution >= 0.6 is 0 Å². The summed E-state index contributed by atoms with van der Waals surface area (Å²) in [6.45, 7) is 4.81. The maximum absolute atomic E-state index is 9.06. The van der Waals surface area contributed by atoms with Gasteiger partial charge in [0.25, 0.3) is 0 Å². The van der Waals surface area contributed by atoms with Crippen molar-refractivity contribution >= 4 is 0 Å². The molecule has 0 aliphatic heterocycles. The van der Waals surface area contributed by atoms with Crippen molar-refractivity contribution < 1.29 is 5.11 Å². The lowest BCUT2D eigenvalue weighted by Crippen LogP contribution is -2.27. The Morgan fingerprint density at radius 1 is 1.16 bits per heavy atom. The zero-order chi connectivity index (χ0) is 13.5. The van der Waals surface area contributed by atoms with Gasteiger partial charge in [-0.25, -0.2) is 4.68 Å². The molecule has 0 fully saturated rings. The number of aliphatic hydroxyl groups is 1. The Labute approximate surface area is 114 Å². The van der Waals surface area contributed by atoms with Gasteiger partial charge >= 0.3 is 0 Å². The fraction of sp³-hybridized carbons (Fsp3) is 0.400. The van der Waals surface area contributed by atoms with Gasteiger partial charge in [-0.1, -0.05) is 25.1 Å². The second-order valence-electron chi connectivity index (χ2n) is 4.59. The van der Waals surface area contributed by atoms with E-state index in [1.165, 1.54) is 0 Å².